The Morgan fingerprint density at radius 1 is 0.667 bits per heavy atom. The fourth-order valence-corrected chi connectivity index (χ4v) is 2.71. The molecule has 33 heavy (non-hydrogen) atoms. The van der Waals surface area contributed by atoms with Crippen LogP contribution in [0.15, 0.2) is 84.9 Å². The van der Waals surface area contributed by atoms with Crippen LogP contribution in [0.5, 0.6) is 0 Å². The smallest absolute Gasteiger partial charge is 0.338 e. The van der Waals surface area contributed by atoms with Crippen LogP contribution in [0, 0.1) is 10.1 Å². The molecule has 0 aliphatic rings. The third kappa shape index (κ3) is 6.73. The van der Waals surface area contributed by atoms with Gasteiger partial charge in [-0.3, -0.25) is 10.1 Å². The summed E-state index contributed by atoms with van der Waals surface area (Å²) in [6.07, 6.45) is -1.08. The molecule has 0 aromatic heterocycles. The van der Waals surface area contributed by atoms with E-state index < -0.39 is 35.5 Å². The van der Waals surface area contributed by atoms with Gasteiger partial charge in [0.2, 0.25) is 0 Å². The minimum atomic E-state index is -1.08. The first-order valence-corrected chi connectivity index (χ1v) is 9.84. The van der Waals surface area contributed by atoms with Gasteiger partial charge in [-0.05, 0) is 36.4 Å². The SMILES string of the molecule is O=C(OC[C@H](COC(=O)c1ccc([N+](=O)[O-])cc1)OC(=O)c1ccccc1)c1ccccc1. The lowest BCUT2D eigenvalue weighted by atomic mass is 10.2. The van der Waals surface area contributed by atoms with Crippen LogP contribution in [0.3, 0.4) is 0 Å². The lowest BCUT2D eigenvalue weighted by Gasteiger charge is -2.18. The number of esters is 3. The summed E-state index contributed by atoms with van der Waals surface area (Å²) in [4.78, 5) is 47.1. The Kier molecular flexibility index (Phi) is 7.85. The van der Waals surface area contributed by atoms with Crippen LogP contribution in [-0.2, 0) is 14.2 Å². The van der Waals surface area contributed by atoms with Gasteiger partial charge in [0, 0.05) is 12.1 Å². The number of rotatable bonds is 9. The van der Waals surface area contributed by atoms with Crippen molar-refractivity contribution in [1.82, 2.24) is 0 Å². The minimum Gasteiger partial charge on any atom is -0.458 e. The van der Waals surface area contributed by atoms with Gasteiger partial charge >= 0.3 is 17.9 Å². The molecular formula is C24H19NO8. The number of carbonyl (C=O) groups excluding carboxylic acids is 3. The van der Waals surface area contributed by atoms with E-state index in [4.69, 9.17) is 14.2 Å². The van der Waals surface area contributed by atoms with Crippen LogP contribution >= 0.6 is 0 Å². The molecule has 3 aromatic carbocycles. The van der Waals surface area contributed by atoms with Crippen molar-refractivity contribution in [2.45, 2.75) is 6.10 Å². The number of benzene rings is 3. The van der Waals surface area contributed by atoms with Crippen molar-refractivity contribution in [1.29, 1.82) is 0 Å². The van der Waals surface area contributed by atoms with Crippen molar-refractivity contribution in [2.75, 3.05) is 13.2 Å². The molecule has 3 aromatic rings. The van der Waals surface area contributed by atoms with Gasteiger partial charge in [-0.25, -0.2) is 14.4 Å². The maximum atomic E-state index is 12.4. The highest BCUT2D eigenvalue weighted by molar-refractivity contribution is 5.91. The highest BCUT2D eigenvalue weighted by Crippen LogP contribution is 2.13. The van der Waals surface area contributed by atoms with Crippen LogP contribution in [-0.4, -0.2) is 42.1 Å². The van der Waals surface area contributed by atoms with Crippen LogP contribution in [0.2, 0.25) is 0 Å². The van der Waals surface area contributed by atoms with E-state index in [1.807, 2.05) is 0 Å². The largest absolute Gasteiger partial charge is 0.458 e. The molecule has 0 saturated heterocycles. The van der Waals surface area contributed by atoms with Crippen LogP contribution < -0.4 is 0 Å². The number of nitro groups is 1. The maximum absolute atomic E-state index is 12.4. The molecule has 9 nitrogen and oxygen atoms in total. The summed E-state index contributed by atoms with van der Waals surface area (Å²) in [6.45, 7) is -0.740. The normalized spacial score (nSPS) is 11.2. The van der Waals surface area contributed by atoms with Gasteiger partial charge < -0.3 is 14.2 Å². The highest BCUT2D eigenvalue weighted by Gasteiger charge is 2.21. The summed E-state index contributed by atoms with van der Waals surface area (Å²) >= 11 is 0. The second-order valence-corrected chi connectivity index (χ2v) is 6.76. The number of nitrogens with zero attached hydrogens (tertiary/aromatic N) is 1. The summed E-state index contributed by atoms with van der Waals surface area (Å²) in [5.41, 5.74) is 0.496. The highest BCUT2D eigenvalue weighted by atomic mass is 16.6. The minimum absolute atomic E-state index is 0.0787. The number of nitro benzene ring substituents is 1. The standard InChI is InChI=1S/C24H19NO8/c26-22(17-7-3-1-4-8-17)31-15-21(33-24(28)18-9-5-2-6-10-18)16-32-23(27)19-11-13-20(14-12-19)25(29)30/h1-14,21H,15-16H2/t21-/m1/s1. The maximum Gasteiger partial charge on any atom is 0.338 e. The van der Waals surface area contributed by atoms with Gasteiger partial charge in [-0.2, -0.15) is 0 Å². The Hall–Kier alpha value is -4.53. The number of ether oxygens (including phenoxy) is 3. The molecule has 0 bridgehead atoms. The molecule has 0 aliphatic heterocycles. The predicted octanol–water partition coefficient (Wildman–Crippen LogP) is 3.83. The van der Waals surface area contributed by atoms with E-state index in [0.29, 0.717) is 5.56 Å². The number of carbonyl (C=O) groups is 3. The van der Waals surface area contributed by atoms with E-state index in [9.17, 15) is 24.5 Å². The lowest BCUT2D eigenvalue weighted by Crippen LogP contribution is -2.31. The van der Waals surface area contributed by atoms with Gasteiger partial charge in [0.25, 0.3) is 5.69 Å². The van der Waals surface area contributed by atoms with E-state index in [0.717, 1.165) is 0 Å². The molecule has 0 spiro atoms. The molecular weight excluding hydrogens is 430 g/mol. The number of non-ortho nitro benzene ring substituents is 1. The molecule has 0 heterocycles. The molecule has 0 aliphatic carbocycles. The zero-order chi connectivity index (χ0) is 23.6. The second-order valence-electron chi connectivity index (χ2n) is 6.76. The van der Waals surface area contributed by atoms with E-state index in [1.54, 1.807) is 60.7 Å². The Balaban J connectivity index is 1.65. The van der Waals surface area contributed by atoms with E-state index in [-0.39, 0.29) is 23.4 Å². The first kappa shape index (κ1) is 23.1. The van der Waals surface area contributed by atoms with Gasteiger partial charge in [0.05, 0.1) is 21.6 Å². The average molecular weight is 449 g/mol. The van der Waals surface area contributed by atoms with Crippen molar-refractivity contribution in [2.24, 2.45) is 0 Å². The molecule has 9 heteroatoms. The Morgan fingerprint density at radius 3 is 1.55 bits per heavy atom. The van der Waals surface area contributed by atoms with Crippen molar-refractivity contribution in [3.05, 3.63) is 112 Å². The summed E-state index contributed by atoms with van der Waals surface area (Å²) in [7, 11) is 0. The third-order valence-electron chi connectivity index (χ3n) is 4.41. The van der Waals surface area contributed by atoms with Gasteiger partial charge in [-0.1, -0.05) is 36.4 Å². The number of hydrogen-bond acceptors (Lipinski definition) is 8. The fourth-order valence-electron chi connectivity index (χ4n) is 2.71. The van der Waals surface area contributed by atoms with Crippen molar-refractivity contribution < 1.29 is 33.5 Å². The van der Waals surface area contributed by atoms with E-state index >= 15 is 0 Å². The Morgan fingerprint density at radius 2 is 1.09 bits per heavy atom. The molecule has 0 N–H and O–H groups in total. The summed E-state index contributed by atoms with van der Waals surface area (Å²) in [5, 5.41) is 10.7. The van der Waals surface area contributed by atoms with E-state index in [1.165, 1.54) is 24.3 Å². The lowest BCUT2D eigenvalue weighted by molar-refractivity contribution is -0.384. The predicted molar refractivity (Wildman–Crippen MR) is 116 cm³/mol. The first-order chi connectivity index (χ1) is 15.9. The second kappa shape index (κ2) is 11.2. The monoisotopic (exact) mass is 449 g/mol. The van der Waals surface area contributed by atoms with Crippen molar-refractivity contribution in [3.63, 3.8) is 0 Å². The molecule has 168 valence electrons. The zero-order valence-corrected chi connectivity index (χ0v) is 17.3. The Bertz CT molecular complexity index is 1110. The average Bonchev–Trinajstić information content (AvgIpc) is 2.86. The molecule has 1 atom stereocenters. The van der Waals surface area contributed by atoms with Gasteiger partial charge in [0.15, 0.2) is 6.10 Å². The van der Waals surface area contributed by atoms with Gasteiger partial charge in [-0.15, -0.1) is 0 Å². The molecule has 0 fully saturated rings. The van der Waals surface area contributed by atoms with Crippen molar-refractivity contribution >= 4 is 23.6 Å². The molecule has 0 radical (unpaired) electrons. The van der Waals surface area contributed by atoms with E-state index in [2.05, 4.69) is 0 Å². The van der Waals surface area contributed by atoms with Crippen LogP contribution in [0.25, 0.3) is 0 Å². The molecule has 0 unspecified atom stereocenters. The molecule has 0 amide bonds. The molecule has 3 rings (SSSR count). The fraction of sp³-hybridized carbons (Fsp3) is 0.125. The van der Waals surface area contributed by atoms with Crippen molar-refractivity contribution in [3.8, 4) is 0 Å². The van der Waals surface area contributed by atoms with Gasteiger partial charge in [0.1, 0.15) is 13.2 Å². The summed E-state index contributed by atoms with van der Waals surface area (Å²) in [5.74, 6) is -2.08. The summed E-state index contributed by atoms with van der Waals surface area (Å²) in [6, 6.07) is 21.3. The topological polar surface area (TPSA) is 122 Å². The third-order valence-corrected chi connectivity index (χ3v) is 4.41. The first-order valence-electron chi connectivity index (χ1n) is 9.84. The van der Waals surface area contributed by atoms with Crippen LogP contribution in [0.1, 0.15) is 31.1 Å². The van der Waals surface area contributed by atoms with Crippen LogP contribution in [0.4, 0.5) is 5.69 Å². The molecule has 0 saturated carbocycles. The Labute approximate surface area is 188 Å². The summed E-state index contributed by atoms with van der Waals surface area (Å²) < 4.78 is 15.8. The quantitative estimate of drug-likeness (QED) is 0.209. The zero-order valence-electron chi connectivity index (χ0n) is 17.3. The number of hydrogen-bond donors (Lipinski definition) is 0.